The fourth-order valence-electron chi connectivity index (χ4n) is 8.07. The Morgan fingerprint density at radius 1 is 0.900 bits per heavy atom. The summed E-state index contributed by atoms with van der Waals surface area (Å²) in [6, 6.07) is 21.4. The van der Waals surface area contributed by atoms with Crippen molar-refractivity contribution < 1.29 is 33.8 Å². The molecule has 0 aliphatic carbocycles. The van der Waals surface area contributed by atoms with Crippen LogP contribution < -0.4 is 4.90 Å². The lowest BCUT2D eigenvalue weighted by Crippen LogP contribution is -2.56. The van der Waals surface area contributed by atoms with E-state index in [1.807, 2.05) is 91.9 Å². The first kappa shape index (κ1) is 33.7. The van der Waals surface area contributed by atoms with E-state index in [-0.39, 0.29) is 43.8 Å². The van der Waals surface area contributed by atoms with Crippen molar-refractivity contribution in [1.82, 2.24) is 9.80 Å². The van der Waals surface area contributed by atoms with Crippen LogP contribution in [-0.2, 0) is 28.7 Å². The van der Waals surface area contributed by atoms with Crippen LogP contribution in [0.15, 0.2) is 97.1 Å². The van der Waals surface area contributed by atoms with Gasteiger partial charge in [-0.1, -0.05) is 85.0 Å². The second kappa shape index (κ2) is 13.8. The smallest absolute Gasteiger partial charge is 0.313 e. The summed E-state index contributed by atoms with van der Waals surface area (Å²) < 4.78 is 12.9. The number of esters is 1. The molecule has 7 atom stereocenters. The van der Waals surface area contributed by atoms with Crippen molar-refractivity contribution in [3.63, 3.8) is 0 Å². The molecule has 10 nitrogen and oxygen atoms in total. The Morgan fingerprint density at radius 2 is 1.66 bits per heavy atom. The highest BCUT2D eigenvalue weighted by molar-refractivity contribution is 6.06. The predicted octanol–water partition coefficient (Wildman–Crippen LogP) is 4.58. The molecule has 1 N–H and O–H groups in total. The topological polar surface area (TPSA) is 117 Å². The maximum atomic E-state index is 15.1. The number of likely N-dealkylation sites (N-methyl/N-ethyl adjacent to an activating group) is 1. The number of nitrogens with zero attached hydrogens (tertiary/aromatic N) is 3. The molecule has 7 rings (SSSR count). The van der Waals surface area contributed by atoms with E-state index in [1.165, 1.54) is 0 Å². The van der Waals surface area contributed by atoms with Crippen molar-refractivity contribution in [3.8, 4) is 0 Å². The lowest BCUT2D eigenvalue weighted by atomic mass is 9.74. The number of amides is 3. The van der Waals surface area contributed by atoms with Gasteiger partial charge in [0.15, 0.2) is 0 Å². The average Bonchev–Trinajstić information content (AvgIpc) is 3.78. The van der Waals surface area contributed by atoms with Crippen LogP contribution in [0.4, 0.5) is 5.69 Å². The van der Waals surface area contributed by atoms with Gasteiger partial charge >= 0.3 is 5.97 Å². The van der Waals surface area contributed by atoms with Crippen LogP contribution >= 0.6 is 0 Å². The number of ether oxygens (including phenoxy) is 2. The van der Waals surface area contributed by atoms with Crippen molar-refractivity contribution in [3.05, 3.63) is 103 Å². The van der Waals surface area contributed by atoms with Gasteiger partial charge in [0.25, 0.3) is 5.91 Å². The molecule has 0 aromatic heterocycles. The minimum atomic E-state index is -1.38. The summed E-state index contributed by atoms with van der Waals surface area (Å²) in [4.78, 5) is 62.2. The minimum Gasteiger partial charge on any atom is -0.455 e. The van der Waals surface area contributed by atoms with Gasteiger partial charge in [-0.15, -0.1) is 0 Å². The Balaban J connectivity index is 1.33. The number of anilines is 1. The molecule has 3 aromatic rings. The molecule has 4 aliphatic heterocycles. The highest BCUT2D eigenvalue weighted by Gasteiger charge is 2.73. The Hall–Kier alpha value is -4.80. The fourth-order valence-corrected chi connectivity index (χ4v) is 8.07. The summed E-state index contributed by atoms with van der Waals surface area (Å²) in [5.74, 6) is -3.37. The molecule has 3 aromatic carbocycles. The number of carbonyl (C=O) groups is 4. The number of benzene rings is 3. The SMILES string of the molecule is C[C@@H]1[C@@H](c2ccccc2)OC(=O)[C@@H]2[C@@H]3C=C[C@]4(O3)[C@H](C(=O)N(c3ccc5ccccc5c3)C/C=C\CCC(=O)N1C)N(CCCCO)C(=O)[C@@H]24. The van der Waals surface area contributed by atoms with E-state index in [0.29, 0.717) is 24.9 Å². The molecule has 0 radical (unpaired) electrons. The van der Waals surface area contributed by atoms with Gasteiger partial charge in [-0.2, -0.15) is 0 Å². The number of rotatable bonds is 6. The van der Waals surface area contributed by atoms with Crippen molar-refractivity contribution in [2.24, 2.45) is 11.8 Å². The highest BCUT2D eigenvalue weighted by Crippen LogP contribution is 2.56. The predicted molar refractivity (Wildman–Crippen MR) is 188 cm³/mol. The lowest BCUT2D eigenvalue weighted by Gasteiger charge is -2.36. The third-order valence-corrected chi connectivity index (χ3v) is 10.8. The fraction of sp³-hybridized carbons (Fsp3) is 0.400. The molecule has 2 fully saturated rings. The molecule has 10 heteroatoms. The number of carbonyl (C=O) groups excluding carboxylic acids is 4. The first-order valence-electron chi connectivity index (χ1n) is 17.5. The van der Waals surface area contributed by atoms with Crippen molar-refractivity contribution >= 4 is 40.2 Å². The second-order valence-electron chi connectivity index (χ2n) is 13.7. The number of cyclic esters (lactones) is 1. The largest absolute Gasteiger partial charge is 0.455 e. The summed E-state index contributed by atoms with van der Waals surface area (Å²) in [6.07, 6.45) is 7.40. The van der Waals surface area contributed by atoms with E-state index in [0.717, 1.165) is 16.3 Å². The third-order valence-electron chi connectivity index (χ3n) is 10.8. The standard InChI is InChI=1S/C40H43N3O7/c1-26-35(28-14-5-3-6-15-28)49-39(48)33-31-20-21-40(50-31)34(33)37(46)43(23-11-12-24-44)36(40)38(47)42(22-10-4-7-17-32(45)41(26)2)30-19-18-27-13-8-9-16-29(27)25-30/h3-6,8-10,13-16,18-21,25-26,31,33-36,44H,7,11-12,17,22-24H2,1-2H3/b10-4-/t26-,31+,33-,34-,35+,36+,40-/m1/s1. The van der Waals surface area contributed by atoms with Crippen LogP contribution in [0.1, 0.15) is 44.3 Å². The normalized spacial score (nSPS) is 30.7. The number of hydrogen-bond acceptors (Lipinski definition) is 7. The minimum absolute atomic E-state index is 0.0489. The molecule has 4 aliphatic rings. The number of unbranched alkanes of at least 4 members (excludes halogenated alkanes) is 1. The molecule has 1 spiro atoms. The van der Waals surface area contributed by atoms with Crippen LogP contribution in [0.5, 0.6) is 0 Å². The second-order valence-corrected chi connectivity index (χ2v) is 13.7. The van der Waals surface area contributed by atoms with Gasteiger partial charge < -0.3 is 29.3 Å². The van der Waals surface area contributed by atoms with Crippen LogP contribution in [0.25, 0.3) is 10.8 Å². The van der Waals surface area contributed by atoms with E-state index in [1.54, 1.807) is 33.9 Å². The van der Waals surface area contributed by atoms with Crippen molar-refractivity contribution in [2.75, 3.05) is 31.6 Å². The number of allylic oxidation sites excluding steroid dienone is 1. The number of aliphatic hydroxyl groups is 1. The Kier molecular flexibility index (Phi) is 9.32. The quantitative estimate of drug-likeness (QED) is 0.231. The lowest BCUT2D eigenvalue weighted by molar-refractivity contribution is -0.164. The van der Waals surface area contributed by atoms with E-state index in [2.05, 4.69) is 0 Å². The average molecular weight is 678 g/mol. The Labute approximate surface area is 291 Å². The molecule has 3 amide bonds. The van der Waals surface area contributed by atoms with Gasteiger partial charge in [0.1, 0.15) is 23.7 Å². The number of likely N-dealkylation sites (tertiary alicyclic amines) is 1. The first-order valence-corrected chi connectivity index (χ1v) is 17.5. The molecule has 50 heavy (non-hydrogen) atoms. The van der Waals surface area contributed by atoms with E-state index >= 15 is 4.79 Å². The van der Waals surface area contributed by atoms with Gasteiger partial charge in [0.2, 0.25) is 11.8 Å². The Bertz CT molecular complexity index is 1840. The van der Waals surface area contributed by atoms with Gasteiger partial charge in [0, 0.05) is 38.9 Å². The maximum absolute atomic E-state index is 15.1. The molecule has 0 saturated carbocycles. The maximum Gasteiger partial charge on any atom is 0.313 e. The molecule has 0 unspecified atom stereocenters. The third kappa shape index (κ3) is 5.80. The van der Waals surface area contributed by atoms with E-state index in [9.17, 15) is 19.5 Å². The molecular formula is C40H43N3O7. The molecule has 260 valence electrons. The van der Waals surface area contributed by atoms with Gasteiger partial charge in [-0.25, -0.2) is 0 Å². The summed E-state index contributed by atoms with van der Waals surface area (Å²) in [7, 11) is 1.71. The zero-order valence-electron chi connectivity index (χ0n) is 28.4. The summed E-state index contributed by atoms with van der Waals surface area (Å²) in [6.45, 7) is 2.22. The summed E-state index contributed by atoms with van der Waals surface area (Å²) in [5, 5.41) is 11.6. The number of fused-ring (bicyclic) bond motifs is 3. The van der Waals surface area contributed by atoms with Crippen LogP contribution in [0, 0.1) is 11.8 Å². The number of aliphatic hydroxyl groups excluding tert-OH is 1. The van der Waals surface area contributed by atoms with Crippen LogP contribution in [0.3, 0.4) is 0 Å². The van der Waals surface area contributed by atoms with E-state index in [4.69, 9.17) is 9.47 Å². The molecule has 4 heterocycles. The molecule has 2 saturated heterocycles. The van der Waals surface area contributed by atoms with Gasteiger partial charge in [-0.3, -0.25) is 19.2 Å². The summed E-state index contributed by atoms with van der Waals surface area (Å²) in [5.41, 5.74) is -0.000862. The summed E-state index contributed by atoms with van der Waals surface area (Å²) >= 11 is 0. The van der Waals surface area contributed by atoms with Gasteiger partial charge in [-0.05, 0) is 54.7 Å². The monoisotopic (exact) mass is 677 g/mol. The highest BCUT2D eigenvalue weighted by atomic mass is 16.6. The van der Waals surface area contributed by atoms with Gasteiger partial charge in [0.05, 0.1) is 18.1 Å². The molecular weight excluding hydrogens is 634 g/mol. The Morgan fingerprint density at radius 3 is 2.44 bits per heavy atom. The first-order chi connectivity index (χ1) is 24.2. The van der Waals surface area contributed by atoms with Crippen LogP contribution in [0.2, 0.25) is 0 Å². The van der Waals surface area contributed by atoms with E-state index < -0.39 is 47.7 Å². The molecule has 5 bridgehead atoms. The van der Waals surface area contributed by atoms with Crippen molar-refractivity contribution in [2.45, 2.75) is 62.5 Å². The number of hydrogen-bond donors (Lipinski definition) is 1. The zero-order valence-corrected chi connectivity index (χ0v) is 28.4. The van der Waals surface area contributed by atoms with Crippen molar-refractivity contribution in [1.29, 1.82) is 0 Å². The van der Waals surface area contributed by atoms with Crippen LogP contribution in [-0.4, -0.2) is 89.1 Å². The zero-order chi connectivity index (χ0) is 35.0.